The van der Waals surface area contributed by atoms with Crippen LogP contribution in [-0.2, 0) is 4.79 Å². The van der Waals surface area contributed by atoms with E-state index < -0.39 is 23.8 Å². The number of hydrogen-bond acceptors (Lipinski definition) is 2. The minimum absolute atomic E-state index is 0.213. The topological polar surface area (TPSA) is 49.3 Å². The molecule has 0 saturated heterocycles. The van der Waals surface area contributed by atoms with Crippen LogP contribution in [0, 0.1) is 11.6 Å². The van der Waals surface area contributed by atoms with Gasteiger partial charge in [-0.25, -0.2) is 8.78 Å². The third kappa shape index (κ3) is 3.86. The fourth-order valence-electron chi connectivity index (χ4n) is 1.52. The van der Waals surface area contributed by atoms with E-state index in [4.69, 9.17) is 0 Å². The predicted molar refractivity (Wildman–Crippen MR) is 68.4 cm³/mol. The summed E-state index contributed by atoms with van der Waals surface area (Å²) >= 11 is 0. The predicted octanol–water partition coefficient (Wildman–Crippen LogP) is 2.47. The Bertz CT molecular complexity index is 500. The lowest BCUT2D eigenvalue weighted by Gasteiger charge is -2.21. The first-order valence-corrected chi connectivity index (χ1v) is 5.93. The SMILES string of the molecule is C/C=C(/C)C(=O)NC(C)C(O)c1ccc(F)c(F)c1. The van der Waals surface area contributed by atoms with E-state index in [1.807, 2.05) is 0 Å². The lowest BCUT2D eigenvalue weighted by atomic mass is 10.0. The minimum atomic E-state index is -1.11. The molecule has 1 rings (SSSR count). The summed E-state index contributed by atoms with van der Waals surface area (Å²) in [4.78, 5) is 11.6. The molecule has 0 fully saturated rings. The monoisotopic (exact) mass is 269 g/mol. The van der Waals surface area contributed by atoms with Gasteiger partial charge in [0.25, 0.3) is 0 Å². The van der Waals surface area contributed by atoms with E-state index in [2.05, 4.69) is 5.32 Å². The van der Waals surface area contributed by atoms with Crippen molar-refractivity contribution < 1.29 is 18.7 Å². The largest absolute Gasteiger partial charge is 0.386 e. The van der Waals surface area contributed by atoms with E-state index in [1.54, 1.807) is 26.8 Å². The van der Waals surface area contributed by atoms with Crippen molar-refractivity contribution in [1.29, 1.82) is 0 Å². The van der Waals surface area contributed by atoms with Crippen LogP contribution in [0.4, 0.5) is 8.78 Å². The summed E-state index contributed by atoms with van der Waals surface area (Å²) in [6.45, 7) is 4.96. The van der Waals surface area contributed by atoms with Gasteiger partial charge in [0, 0.05) is 5.57 Å². The van der Waals surface area contributed by atoms with Gasteiger partial charge in [0.15, 0.2) is 11.6 Å². The highest BCUT2D eigenvalue weighted by Crippen LogP contribution is 2.19. The van der Waals surface area contributed by atoms with E-state index in [9.17, 15) is 18.7 Å². The third-order valence-corrected chi connectivity index (χ3v) is 2.91. The molecule has 3 nitrogen and oxygen atoms in total. The van der Waals surface area contributed by atoms with Crippen LogP contribution in [0.25, 0.3) is 0 Å². The standard InChI is InChI=1S/C14H17F2NO2/c1-4-8(2)14(19)17-9(3)13(18)10-5-6-11(15)12(16)7-10/h4-7,9,13,18H,1-3H3,(H,17,19)/b8-4-. The molecule has 1 aromatic rings. The molecule has 2 atom stereocenters. The van der Waals surface area contributed by atoms with Crippen LogP contribution < -0.4 is 5.32 Å². The molecule has 0 aliphatic rings. The van der Waals surface area contributed by atoms with Crippen molar-refractivity contribution in [3.8, 4) is 0 Å². The molecule has 0 saturated carbocycles. The highest BCUT2D eigenvalue weighted by molar-refractivity contribution is 5.92. The number of carbonyl (C=O) groups is 1. The molecule has 0 aromatic heterocycles. The second kappa shape index (κ2) is 6.43. The van der Waals surface area contributed by atoms with Crippen molar-refractivity contribution in [3.05, 3.63) is 47.0 Å². The van der Waals surface area contributed by atoms with Gasteiger partial charge in [-0.1, -0.05) is 12.1 Å². The van der Waals surface area contributed by atoms with Gasteiger partial charge in [-0.05, 0) is 38.5 Å². The Labute approximate surface area is 110 Å². The maximum Gasteiger partial charge on any atom is 0.246 e. The number of aliphatic hydroxyl groups is 1. The number of allylic oxidation sites excluding steroid dienone is 1. The number of amides is 1. The summed E-state index contributed by atoms with van der Waals surface area (Å²) in [6.07, 6.45) is 0.537. The number of halogens is 2. The van der Waals surface area contributed by atoms with Crippen LogP contribution >= 0.6 is 0 Å². The summed E-state index contributed by atoms with van der Waals surface area (Å²) in [5, 5.41) is 12.6. The lowest BCUT2D eigenvalue weighted by Crippen LogP contribution is -2.37. The molecule has 0 heterocycles. The van der Waals surface area contributed by atoms with Crippen molar-refractivity contribution in [2.45, 2.75) is 32.9 Å². The van der Waals surface area contributed by atoms with Crippen molar-refractivity contribution in [1.82, 2.24) is 5.32 Å². The Morgan fingerprint density at radius 1 is 1.37 bits per heavy atom. The van der Waals surface area contributed by atoms with E-state index in [0.717, 1.165) is 12.1 Å². The van der Waals surface area contributed by atoms with Crippen molar-refractivity contribution >= 4 is 5.91 Å². The van der Waals surface area contributed by atoms with Crippen LogP contribution in [0.2, 0.25) is 0 Å². The van der Waals surface area contributed by atoms with Gasteiger partial charge in [-0.2, -0.15) is 0 Å². The Hall–Kier alpha value is -1.75. The quantitative estimate of drug-likeness (QED) is 0.825. The molecule has 1 aromatic carbocycles. The third-order valence-electron chi connectivity index (χ3n) is 2.91. The normalized spacial score (nSPS) is 14.9. The molecule has 0 radical (unpaired) electrons. The molecular weight excluding hydrogens is 252 g/mol. The maximum absolute atomic E-state index is 13.1. The molecule has 0 spiro atoms. The van der Waals surface area contributed by atoms with Crippen LogP contribution in [0.1, 0.15) is 32.4 Å². The summed E-state index contributed by atoms with van der Waals surface area (Å²) in [6, 6.07) is 2.53. The molecule has 19 heavy (non-hydrogen) atoms. The molecule has 0 bridgehead atoms. The van der Waals surface area contributed by atoms with Crippen LogP contribution in [0.5, 0.6) is 0 Å². The number of benzene rings is 1. The average molecular weight is 269 g/mol. The van der Waals surface area contributed by atoms with Crippen LogP contribution in [0.3, 0.4) is 0 Å². The van der Waals surface area contributed by atoms with E-state index in [0.29, 0.717) is 5.57 Å². The Morgan fingerprint density at radius 2 is 2.00 bits per heavy atom. The number of hydrogen-bond donors (Lipinski definition) is 2. The van der Waals surface area contributed by atoms with Crippen molar-refractivity contribution in [3.63, 3.8) is 0 Å². The smallest absolute Gasteiger partial charge is 0.246 e. The fourth-order valence-corrected chi connectivity index (χ4v) is 1.52. The van der Waals surface area contributed by atoms with Gasteiger partial charge in [-0.15, -0.1) is 0 Å². The highest BCUT2D eigenvalue weighted by Gasteiger charge is 2.20. The molecule has 0 aliphatic carbocycles. The highest BCUT2D eigenvalue weighted by atomic mass is 19.2. The molecule has 2 unspecified atom stereocenters. The minimum Gasteiger partial charge on any atom is -0.386 e. The summed E-state index contributed by atoms with van der Waals surface area (Å²) in [7, 11) is 0. The van der Waals surface area contributed by atoms with Gasteiger partial charge < -0.3 is 10.4 Å². The zero-order chi connectivity index (χ0) is 14.6. The fraction of sp³-hybridized carbons (Fsp3) is 0.357. The summed E-state index contributed by atoms with van der Waals surface area (Å²) in [5.74, 6) is -2.31. The maximum atomic E-state index is 13.1. The molecular formula is C14H17F2NO2. The average Bonchev–Trinajstić information content (AvgIpc) is 2.39. The molecule has 104 valence electrons. The summed E-state index contributed by atoms with van der Waals surface area (Å²) in [5.41, 5.74) is 0.731. The first kappa shape index (κ1) is 15.3. The second-order valence-corrected chi connectivity index (χ2v) is 4.35. The zero-order valence-corrected chi connectivity index (χ0v) is 11.1. The number of aliphatic hydroxyl groups excluding tert-OH is 1. The zero-order valence-electron chi connectivity index (χ0n) is 11.1. The Balaban J connectivity index is 2.79. The molecule has 1 amide bonds. The van der Waals surface area contributed by atoms with Gasteiger partial charge in [0.05, 0.1) is 12.1 Å². The van der Waals surface area contributed by atoms with Gasteiger partial charge in [0.2, 0.25) is 5.91 Å². The number of carbonyl (C=O) groups excluding carboxylic acids is 1. The van der Waals surface area contributed by atoms with Gasteiger partial charge >= 0.3 is 0 Å². The lowest BCUT2D eigenvalue weighted by molar-refractivity contribution is -0.118. The van der Waals surface area contributed by atoms with Gasteiger partial charge in [0.1, 0.15) is 0 Å². The van der Waals surface area contributed by atoms with E-state index >= 15 is 0 Å². The van der Waals surface area contributed by atoms with Crippen molar-refractivity contribution in [2.24, 2.45) is 0 Å². The van der Waals surface area contributed by atoms with Gasteiger partial charge in [-0.3, -0.25) is 4.79 Å². The summed E-state index contributed by atoms with van der Waals surface area (Å²) < 4.78 is 25.9. The van der Waals surface area contributed by atoms with Crippen molar-refractivity contribution in [2.75, 3.05) is 0 Å². The van der Waals surface area contributed by atoms with Crippen LogP contribution in [-0.4, -0.2) is 17.1 Å². The van der Waals surface area contributed by atoms with E-state index in [-0.39, 0.29) is 11.5 Å². The Morgan fingerprint density at radius 3 is 2.53 bits per heavy atom. The first-order chi connectivity index (χ1) is 8.86. The van der Waals surface area contributed by atoms with E-state index in [1.165, 1.54) is 6.07 Å². The Kier molecular flexibility index (Phi) is 5.18. The molecule has 5 heteroatoms. The molecule has 0 aliphatic heterocycles. The molecule has 2 N–H and O–H groups in total. The number of nitrogens with one attached hydrogen (secondary N) is 1. The first-order valence-electron chi connectivity index (χ1n) is 5.93. The van der Waals surface area contributed by atoms with Crippen LogP contribution in [0.15, 0.2) is 29.8 Å². The second-order valence-electron chi connectivity index (χ2n) is 4.35. The number of rotatable bonds is 4.